The number of hydrogen-bond donors (Lipinski definition) is 0. The van der Waals surface area contributed by atoms with Gasteiger partial charge in [-0.3, -0.25) is 9.36 Å². The van der Waals surface area contributed by atoms with Gasteiger partial charge in [0.05, 0.1) is 28.5 Å². The number of ether oxygens (including phenoxy) is 1. The molecular formula is C29H26ClN3O4S. The second-order valence-electron chi connectivity index (χ2n) is 9.00. The van der Waals surface area contributed by atoms with Crippen molar-refractivity contribution in [2.45, 2.75) is 19.9 Å². The van der Waals surface area contributed by atoms with Gasteiger partial charge < -0.3 is 14.1 Å². The Morgan fingerprint density at radius 2 is 1.84 bits per heavy atom. The summed E-state index contributed by atoms with van der Waals surface area (Å²) in [7, 11) is 3.92. The van der Waals surface area contributed by atoms with E-state index >= 15 is 0 Å². The summed E-state index contributed by atoms with van der Waals surface area (Å²) >= 11 is 7.26. The van der Waals surface area contributed by atoms with Gasteiger partial charge in [0, 0.05) is 36.4 Å². The van der Waals surface area contributed by atoms with Crippen LogP contribution in [0.1, 0.15) is 31.2 Å². The Morgan fingerprint density at radius 3 is 2.50 bits per heavy atom. The van der Waals surface area contributed by atoms with Crippen molar-refractivity contribution in [2.75, 3.05) is 25.6 Å². The lowest BCUT2D eigenvalue weighted by molar-refractivity contribution is -0.139. The molecule has 0 bridgehead atoms. The molecule has 0 fully saturated rings. The number of esters is 1. The van der Waals surface area contributed by atoms with Crippen LogP contribution in [0.25, 0.3) is 17.4 Å². The van der Waals surface area contributed by atoms with Gasteiger partial charge >= 0.3 is 5.97 Å². The van der Waals surface area contributed by atoms with Crippen molar-refractivity contribution >= 4 is 40.7 Å². The van der Waals surface area contributed by atoms with Gasteiger partial charge in [-0.25, -0.2) is 9.79 Å². The number of carbonyl (C=O) groups excluding carboxylic acids is 1. The van der Waals surface area contributed by atoms with Crippen LogP contribution in [0.15, 0.2) is 86.1 Å². The fourth-order valence-corrected chi connectivity index (χ4v) is 5.54. The largest absolute Gasteiger partial charge is 0.463 e. The van der Waals surface area contributed by atoms with E-state index < -0.39 is 12.0 Å². The van der Waals surface area contributed by atoms with Crippen LogP contribution >= 0.6 is 22.9 Å². The molecule has 5 rings (SSSR count). The zero-order valence-electron chi connectivity index (χ0n) is 21.4. The van der Waals surface area contributed by atoms with Gasteiger partial charge in [-0.05, 0) is 67.9 Å². The van der Waals surface area contributed by atoms with Gasteiger partial charge in [0.2, 0.25) is 0 Å². The van der Waals surface area contributed by atoms with Crippen LogP contribution in [-0.2, 0) is 9.53 Å². The summed E-state index contributed by atoms with van der Waals surface area (Å²) < 4.78 is 13.4. The number of benzene rings is 2. The highest BCUT2D eigenvalue weighted by molar-refractivity contribution is 7.07. The van der Waals surface area contributed by atoms with Gasteiger partial charge in [0.1, 0.15) is 11.5 Å². The summed E-state index contributed by atoms with van der Waals surface area (Å²) in [4.78, 5) is 33.9. The molecule has 1 aliphatic heterocycles. The van der Waals surface area contributed by atoms with Crippen molar-refractivity contribution in [3.8, 4) is 11.3 Å². The monoisotopic (exact) mass is 547 g/mol. The van der Waals surface area contributed by atoms with Crippen molar-refractivity contribution in [2.24, 2.45) is 4.99 Å². The third-order valence-electron chi connectivity index (χ3n) is 6.27. The first kappa shape index (κ1) is 25.8. The maximum atomic E-state index is 13.8. The first-order valence-corrected chi connectivity index (χ1v) is 13.3. The van der Waals surface area contributed by atoms with Crippen LogP contribution in [0, 0.1) is 0 Å². The summed E-state index contributed by atoms with van der Waals surface area (Å²) in [5, 5.41) is 0.644. The number of rotatable bonds is 6. The number of halogens is 1. The molecule has 1 aliphatic rings. The normalized spacial score (nSPS) is 15.3. The zero-order valence-corrected chi connectivity index (χ0v) is 23.0. The Hall–Kier alpha value is -3.88. The highest BCUT2D eigenvalue weighted by Gasteiger charge is 2.33. The van der Waals surface area contributed by atoms with E-state index in [1.165, 1.54) is 11.3 Å². The zero-order chi connectivity index (χ0) is 27.0. The molecule has 0 saturated heterocycles. The van der Waals surface area contributed by atoms with Gasteiger partial charge in [-0.1, -0.05) is 35.1 Å². The third-order valence-corrected chi connectivity index (χ3v) is 7.51. The van der Waals surface area contributed by atoms with Crippen LogP contribution in [0.5, 0.6) is 0 Å². The molecule has 2 aromatic heterocycles. The number of allylic oxidation sites excluding steroid dienone is 1. The quantitative estimate of drug-likeness (QED) is 0.325. The van der Waals surface area contributed by atoms with Crippen molar-refractivity contribution in [1.82, 2.24) is 4.57 Å². The van der Waals surface area contributed by atoms with Crippen LogP contribution in [0.4, 0.5) is 5.69 Å². The molecule has 1 atom stereocenters. The van der Waals surface area contributed by atoms with E-state index in [9.17, 15) is 9.59 Å². The standard InChI is InChI=1S/C29H26ClN3O4S/c1-5-36-28(35)25-17(2)31-29-33(26(25)19-8-12-21(13-9-19)32(3)4)27(34)24(38-29)16-22-14-15-23(37-22)18-6-10-20(30)11-7-18/h6-16,26H,5H2,1-4H3/t26-/m0/s1. The Bertz CT molecular complexity index is 1710. The van der Waals surface area contributed by atoms with Crippen molar-refractivity contribution in [3.63, 3.8) is 0 Å². The molecule has 9 heteroatoms. The van der Waals surface area contributed by atoms with Crippen molar-refractivity contribution < 1.29 is 13.9 Å². The average Bonchev–Trinajstić information content (AvgIpc) is 3.48. The predicted molar refractivity (Wildman–Crippen MR) is 150 cm³/mol. The maximum absolute atomic E-state index is 13.8. The van der Waals surface area contributed by atoms with E-state index in [4.69, 9.17) is 20.8 Å². The summed E-state index contributed by atoms with van der Waals surface area (Å²) in [5.74, 6) is 0.719. The summed E-state index contributed by atoms with van der Waals surface area (Å²) in [6.45, 7) is 3.75. The highest BCUT2D eigenvalue weighted by atomic mass is 35.5. The first-order chi connectivity index (χ1) is 18.3. The van der Waals surface area contributed by atoms with E-state index in [0.717, 1.165) is 16.8 Å². The molecule has 7 nitrogen and oxygen atoms in total. The molecular weight excluding hydrogens is 522 g/mol. The second-order valence-corrected chi connectivity index (χ2v) is 10.4. The first-order valence-electron chi connectivity index (χ1n) is 12.1. The molecule has 0 amide bonds. The van der Waals surface area contributed by atoms with E-state index in [1.54, 1.807) is 36.6 Å². The SMILES string of the molecule is CCOC(=O)C1=C(C)N=c2sc(=Cc3ccc(-c4ccc(Cl)cc4)o3)c(=O)n2[C@H]1c1ccc(N(C)C)cc1. The van der Waals surface area contributed by atoms with Crippen molar-refractivity contribution in [3.05, 3.63) is 108 Å². The average molecular weight is 548 g/mol. The molecule has 4 aromatic rings. The Labute approximate surface area is 228 Å². The minimum absolute atomic E-state index is 0.223. The molecule has 2 aromatic carbocycles. The van der Waals surface area contributed by atoms with E-state index in [0.29, 0.717) is 37.1 Å². The predicted octanol–water partition coefficient (Wildman–Crippen LogP) is 4.78. The molecule has 0 spiro atoms. The van der Waals surface area contributed by atoms with Crippen molar-refractivity contribution in [1.29, 1.82) is 0 Å². The molecule has 0 saturated carbocycles. The number of hydrogen-bond acceptors (Lipinski definition) is 7. The molecule has 0 aliphatic carbocycles. The Morgan fingerprint density at radius 1 is 1.13 bits per heavy atom. The number of fused-ring (bicyclic) bond motifs is 1. The Balaban J connectivity index is 1.62. The summed E-state index contributed by atoms with van der Waals surface area (Å²) in [6, 6.07) is 18.1. The lowest BCUT2D eigenvalue weighted by Gasteiger charge is -2.25. The van der Waals surface area contributed by atoms with Crippen LogP contribution in [-0.4, -0.2) is 31.2 Å². The minimum Gasteiger partial charge on any atom is -0.463 e. The number of nitrogens with zero attached hydrogens (tertiary/aromatic N) is 3. The van der Waals surface area contributed by atoms with Crippen LogP contribution in [0.3, 0.4) is 0 Å². The molecule has 0 N–H and O–H groups in total. The lowest BCUT2D eigenvalue weighted by atomic mass is 9.95. The van der Waals surface area contributed by atoms with E-state index in [1.807, 2.05) is 67.5 Å². The topological polar surface area (TPSA) is 77.0 Å². The van der Waals surface area contributed by atoms with Gasteiger partial charge in [0.25, 0.3) is 5.56 Å². The molecule has 38 heavy (non-hydrogen) atoms. The lowest BCUT2D eigenvalue weighted by Crippen LogP contribution is -2.39. The number of carbonyl (C=O) groups is 1. The van der Waals surface area contributed by atoms with E-state index in [-0.39, 0.29) is 12.2 Å². The Kier molecular flexibility index (Phi) is 7.10. The van der Waals surface area contributed by atoms with Gasteiger partial charge in [-0.15, -0.1) is 0 Å². The molecule has 194 valence electrons. The number of thiazole rings is 1. The fourth-order valence-electron chi connectivity index (χ4n) is 4.39. The minimum atomic E-state index is -0.662. The maximum Gasteiger partial charge on any atom is 0.338 e. The second kappa shape index (κ2) is 10.5. The van der Waals surface area contributed by atoms with Crippen LogP contribution < -0.4 is 19.8 Å². The number of furan rings is 1. The van der Waals surface area contributed by atoms with E-state index in [2.05, 4.69) is 4.99 Å². The molecule has 3 heterocycles. The van der Waals surface area contributed by atoms with Gasteiger partial charge in [-0.2, -0.15) is 0 Å². The number of aromatic nitrogens is 1. The molecule has 0 radical (unpaired) electrons. The molecule has 0 unspecified atom stereocenters. The van der Waals surface area contributed by atoms with Gasteiger partial charge in [0.15, 0.2) is 4.80 Å². The smallest absolute Gasteiger partial charge is 0.338 e. The summed E-state index contributed by atoms with van der Waals surface area (Å²) in [6.07, 6.45) is 1.71. The third kappa shape index (κ3) is 4.85. The highest BCUT2D eigenvalue weighted by Crippen LogP contribution is 2.31. The number of anilines is 1. The van der Waals surface area contributed by atoms with Crippen LogP contribution in [0.2, 0.25) is 5.02 Å². The summed E-state index contributed by atoms with van der Waals surface area (Å²) in [5.41, 5.74) is 3.31. The fraction of sp³-hybridized carbons (Fsp3) is 0.207.